The Labute approximate surface area is 166 Å². The highest BCUT2D eigenvalue weighted by Crippen LogP contribution is 2.29. The van der Waals surface area contributed by atoms with Crippen LogP contribution in [0.2, 0.25) is 0 Å². The van der Waals surface area contributed by atoms with Crippen molar-refractivity contribution in [3.05, 3.63) is 53.6 Å². The summed E-state index contributed by atoms with van der Waals surface area (Å²) in [6.07, 6.45) is 2.86. The van der Waals surface area contributed by atoms with Gasteiger partial charge in [-0.25, -0.2) is 13.2 Å². The van der Waals surface area contributed by atoms with Crippen molar-refractivity contribution in [1.29, 1.82) is 0 Å². The van der Waals surface area contributed by atoms with Crippen LogP contribution >= 0.6 is 0 Å². The first-order chi connectivity index (χ1) is 13.3. The molecule has 0 amide bonds. The van der Waals surface area contributed by atoms with E-state index in [2.05, 4.69) is 16.5 Å². The fraction of sp³-hybridized carbons (Fsp3) is 0.381. The number of sulfonamides is 1. The van der Waals surface area contributed by atoms with E-state index in [-0.39, 0.29) is 16.1 Å². The van der Waals surface area contributed by atoms with E-state index < -0.39 is 16.0 Å². The summed E-state index contributed by atoms with van der Waals surface area (Å²) in [4.78, 5) is 14.0. The quantitative estimate of drug-likeness (QED) is 0.763. The number of carboxylic acids is 1. The van der Waals surface area contributed by atoms with Crippen LogP contribution in [-0.2, 0) is 16.4 Å². The Morgan fingerprint density at radius 1 is 1.14 bits per heavy atom. The molecule has 0 saturated carbocycles. The van der Waals surface area contributed by atoms with Gasteiger partial charge in [-0.15, -0.1) is 0 Å². The van der Waals surface area contributed by atoms with Crippen LogP contribution in [0.25, 0.3) is 0 Å². The largest absolute Gasteiger partial charge is 0.478 e. The van der Waals surface area contributed by atoms with Gasteiger partial charge in [0.05, 0.1) is 16.1 Å². The highest BCUT2D eigenvalue weighted by atomic mass is 32.2. The number of carboxylic acid groups (broad SMARTS) is 1. The minimum absolute atomic E-state index is 0.107. The van der Waals surface area contributed by atoms with E-state index in [0.717, 1.165) is 37.9 Å². The van der Waals surface area contributed by atoms with Gasteiger partial charge < -0.3 is 10.0 Å². The van der Waals surface area contributed by atoms with Crippen LogP contribution < -0.4 is 9.62 Å². The lowest BCUT2D eigenvalue weighted by molar-refractivity contribution is 0.0697. The highest BCUT2D eigenvalue weighted by Gasteiger charge is 2.22. The molecule has 0 atom stereocenters. The predicted octanol–water partition coefficient (Wildman–Crippen LogP) is 3.98. The standard InChI is InChI=1S/C21H26N2O4S/c1-3-16-4-7-18(8-5-16)28(26,27)22-17-6-9-20(19(14-17)21(24)25)23-12-10-15(2)11-13-23/h4-9,14-15,22H,3,10-13H2,1-2H3,(H,24,25). The first-order valence-electron chi connectivity index (χ1n) is 9.54. The smallest absolute Gasteiger partial charge is 0.337 e. The Bertz CT molecular complexity index is 947. The fourth-order valence-corrected chi connectivity index (χ4v) is 4.46. The fourth-order valence-electron chi connectivity index (χ4n) is 3.41. The first kappa shape index (κ1) is 20.2. The van der Waals surface area contributed by atoms with Gasteiger partial charge in [-0.2, -0.15) is 0 Å². The maximum atomic E-state index is 12.6. The predicted molar refractivity (Wildman–Crippen MR) is 111 cm³/mol. The van der Waals surface area contributed by atoms with Crippen molar-refractivity contribution in [1.82, 2.24) is 0 Å². The van der Waals surface area contributed by atoms with E-state index in [1.807, 2.05) is 6.92 Å². The third-order valence-electron chi connectivity index (χ3n) is 5.25. The van der Waals surface area contributed by atoms with E-state index in [4.69, 9.17) is 0 Å². The van der Waals surface area contributed by atoms with Crippen molar-refractivity contribution in [2.45, 2.75) is 38.0 Å². The Morgan fingerprint density at radius 2 is 1.79 bits per heavy atom. The first-order valence-corrected chi connectivity index (χ1v) is 11.0. The molecular weight excluding hydrogens is 376 g/mol. The average Bonchev–Trinajstić information content (AvgIpc) is 2.68. The summed E-state index contributed by atoms with van der Waals surface area (Å²) < 4.78 is 27.8. The second-order valence-corrected chi connectivity index (χ2v) is 8.99. The molecule has 0 aliphatic carbocycles. The molecule has 1 saturated heterocycles. The van der Waals surface area contributed by atoms with E-state index in [1.54, 1.807) is 36.4 Å². The zero-order chi connectivity index (χ0) is 20.3. The zero-order valence-electron chi connectivity index (χ0n) is 16.2. The molecule has 28 heavy (non-hydrogen) atoms. The van der Waals surface area contributed by atoms with E-state index in [9.17, 15) is 18.3 Å². The summed E-state index contributed by atoms with van der Waals surface area (Å²) in [5.41, 5.74) is 2.03. The monoisotopic (exact) mass is 402 g/mol. The Kier molecular flexibility index (Phi) is 5.93. The number of nitrogens with zero attached hydrogens (tertiary/aromatic N) is 1. The lowest BCUT2D eigenvalue weighted by atomic mass is 9.98. The van der Waals surface area contributed by atoms with Crippen molar-refractivity contribution in [2.75, 3.05) is 22.7 Å². The number of hydrogen-bond acceptors (Lipinski definition) is 4. The van der Waals surface area contributed by atoms with Crippen molar-refractivity contribution in [3.8, 4) is 0 Å². The minimum atomic E-state index is -3.78. The maximum Gasteiger partial charge on any atom is 0.337 e. The Balaban J connectivity index is 1.86. The van der Waals surface area contributed by atoms with Crippen LogP contribution in [0.1, 0.15) is 42.6 Å². The summed E-state index contributed by atoms with van der Waals surface area (Å²) in [7, 11) is -3.78. The van der Waals surface area contributed by atoms with Gasteiger partial charge in [0.2, 0.25) is 0 Å². The summed E-state index contributed by atoms with van der Waals surface area (Å²) in [6.45, 7) is 5.80. The van der Waals surface area contributed by atoms with E-state index in [0.29, 0.717) is 11.6 Å². The SMILES string of the molecule is CCc1ccc(S(=O)(=O)Nc2ccc(N3CCC(C)CC3)c(C(=O)O)c2)cc1. The van der Waals surface area contributed by atoms with Gasteiger partial charge >= 0.3 is 5.97 Å². The van der Waals surface area contributed by atoms with Crippen LogP contribution in [0.4, 0.5) is 11.4 Å². The molecule has 2 aromatic rings. The molecule has 1 aliphatic rings. The number of hydrogen-bond donors (Lipinski definition) is 2. The van der Waals surface area contributed by atoms with Crippen LogP contribution in [0.3, 0.4) is 0 Å². The molecule has 3 rings (SSSR count). The zero-order valence-corrected chi connectivity index (χ0v) is 17.0. The third-order valence-corrected chi connectivity index (χ3v) is 6.64. The summed E-state index contributed by atoms with van der Waals surface area (Å²) >= 11 is 0. The molecule has 0 radical (unpaired) electrons. The number of aryl methyl sites for hydroxylation is 1. The molecular formula is C21H26N2O4S. The normalized spacial score (nSPS) is 15.4. The molecule has 1 heterocycles. The second-order valence-electron chi connectivity index (χ2n) is 7.31. The molecule has 6 nitrogen and oxygen atoms in total. The third kappa shape index (κ3) is 4.47. The summed E-state index contributed by atoms with van der Waals surface area (Å²) in [5, 5.41) is 9.64. The topological polar surface area (TPSA) is 86.7 Å². The number of anilines is 2. The van der Waals surface area contributed by atoms with Gasteiger partial charge in [-0.05, 0) is 61.1 Å². The van der Waals surface area contributed by atoms with Crippen LogP contribution in [-0.4, -0.2) is 32.6 Å². The second kappa shape index (κ2) is 8.22. The maximum absolute atomic E-state index is 12.6. The highest BCUT2D eigenvalue weighted by molar-refractivity contribution is 7.92. The number of aromatic carboxylic acids is 1. The lowest BCUT2D eigenvalue weighted by Gasteiger charge is -2.33. The van der Waals surface area contributed by atoms with Gasteiger partial charge in [0.1, 0.15) is 0 Å². The van der Waals surface area contributed by atoms with Crippen molar-refractivity contribution in [2.24, 2.45) is 5.92 Å². The molecule has 7 heteroatoms. The van der Waals surface area contributed by atoms with Gasteiger partial charge in [0, 0.05) is 18.8 Å². The summed E-state index contributed by atoms with van der Waals surface area (Å²) in [5.74, 6) is -0.434. The Morgan fingerprint density at radius 3 is 2.36 bits per heavy atom. The number of piperidine rings is 1. The summed E-state index contributed by atoms with van der Waals surface area (Å²) in [6, 6.07) is 11.4. The molecule has 2 N–H and O–H groups in total. The van der Waals surface area contributed by atoms with Crippen molar-refractivity contribution in [3.63, 3.8) is 0 Å². The molecule has 1 aliphatic heterocycles. The van der Waals surface area contributed by atoms with Crippen molar-refractivity contribution < 1.29 is 18.3 Å². The minimum Gasteiger partial charge on any atom is -0.478 e. The van der Waals surface area contributed by atoms with Gasteiger partial charge in [0.25, 0.3) is 10.0 Å². The molecule has 0 spiro atoms. The van der Waals surface area contributed by atoms with Gasteiger partial charge in [-0.1, -0.05) is 26.0 Å². The molecule has 150 valence electrons. The molecule has 0 unspecified atom stereocenters. The van der Waals surface area contributed by atoms with Gasteiger partial charge in [-0.3, -0.25) is 4.72 Å². The van der Waals surface area contributed by atoms with E-state index in [1.165, 1.54) is 6.07 Å². The van der Waals surface area contributed by atoms with Gasteiger partial charge in [0.15, 0.2) is 0 Å². The number of nitrogens with one attached hydrogen (secondary N) is 1. The number of rotatable bonds is 6. The lowest BCUT2D eigenvalue weighted by Crippen LogP contribution is -2.33. The van der Waals surface area contributed by atoms with Crippen LogP contribution in [0, 0.1) is 5.92 Å². The molecule has 1 fully saturated rings. The van der Waals surface area contributed by atoms with Crippen molar-refractivity contribution >= 4 is 27.4 Å². The Hall–Kier alpha value is -2.54. The van der Waals surface area contributed by atoms with Crippen LogP contribution in [0.5, 0.6) is 0 Å². The number of benzene rings is 2. The molecule has 0 bridgehead atoms. The number of carbonyl (C=O) groups is 1. The van der Waals surface area contributed by atoms with E-state index >= 15 is 0 Å². The van der Waals surface area contributed by atoms with Crippen LogP contribution in [0.15, 0.2) is 47.4 Å². The molecule has 0 aromatic heterocycles. The average molecular weight is 403 g/mol. The molecule has 2 aromatic carbocycles.